The second-order valence-corrected chi connectivity index (χ2v) is 9.21. The molecule has 0 heterocycles. The van der Waals surface area contributed by atoms with Gasteiger partial charge in [-0.05, 0) is 6.42 Å². The number of benzene rings is 1. The summed E-state index contributed by atoms with van der Waals surface area (Å²) < 4.78 is 6.84. The zero-order chi connectivity index (χ0) is 20.3. The number of quaternary nitrogens is 1. The van der Waals surface area contributed by atoms with Crippen molar-refractivity contribution >= 4 is 0 Å². The predicted octanol–water partition coefficient (Wildman–Crippen LogP) is 7.72. The third-order valence-corrected chi connectivity index (χ3v) is 5.54. The Bertz CT molecular complexity index is 443. The molecule has 0 aromatic heterocycles. The summed E-state index contributed by atoms with van der Waals surface area (Å²) in [5, 5.41) is 0. The number of rotatable bonds is 19. The Hall–Kier alpha value is -0.860. The maximum absolute atomic E-state index is 5.95. The SMILES string of the molecule is CCCCCCCCCCCCCCCCOC[N+](C)(C)Cc1ccccc1. The van der Waals surface area contributed by atoms with Crippen molar-refractivity contribution in [1.29, 1.82) is 0 Å². The van der Waals surface area contributed by atoms with Crippen molar-refractivity contribution in [3.63, 3.8) is 0 Å². The van der Waals surface area contributed by atoms with Gasteiger partial charge >= 0.3 is 0 Å². The lowest BCUT2D eigenvalue weighted by molar-refractivity contribution is -0.922. The second-order valence-electron chi connectivity index (χ2n) is 9.21. The standard InChI is InChI=1S/C26H48NO/c1-4-5-6-7-8-9-10-11-12-13-14-15-16-20-23-28-25-27(2,3)24-26-21-18-17-19-22-26/h17-19,21-22H,4-16,20,23-25H2,1-3H3/q+1. The molecule has 0 unspecified atom stereocenters. The number of nitrogens with zero attached hydrogens (tertiary/aromatic N) is 1. The van der Waals surface area contributed by atoms with Gasteiger partial charge in [0.15, 0.2) is 6.73 Å². The molecule has 162 valence electrons. The first kappa shape index (κ1) is 25.2. The first-order valence-electron chi connectivity index (χ1n) is 12.1. The van der Waals surface area contributed by atoms with E-state index in [1.54, 1.807) is 0 Å². The molecule has 0 spiro atoms. The third-order valence-electron chi connectivity index (χ3n) is 5.54. The summed E-state index contributed by atoms with van der Waals surface area (Å²) in [5.74, 6) is 0. The van der Waals surface area contributed by atoms with Crippen LogP contribution in [-0.4, -0.2) is 31.9 Å². The minimum absolute atomic E-state index is 0.799. The van der Waals surface area contributed by atoms with Gasteiger partial charge in [-0.2, -0.15) is 0 Å². The molecule has 0 atom stereocenters. The molecule has 2 heteroatoms. The van der Waals surface area contributed by atoms with Gasteiger partial charge in [-0.3, -0.25) is 0 Å². The molecule has 28 heavy (non-hydrogen) atoms. The topological polar surface area (TPSA) is 9.23 Å². The fraction of sp³-hybridized carbons (Fsp3) is 0.769. The Balaban J connectivity index is 1.83. The molecule has 1 rings (SSSR count). The van der Waals surface area contributed by atoms with E-state index in [2.05, 4.69) is 51.4 Å². The van der Waals surface area contributed by atoms with E-state index in [0.29, 0.717) is 0 Å². The van der Waals surface area contributed by atoms with Gasteiger partial charge in [0, 0.05) is 5.56 Å². The molecule has 1 aromatic rings. The van der Waals surface area contributed by atoms with Gasteiger partial charge in [-0.1, -0.05) is 121 Å². The van der Waals surface area contributed by atoms with Gasteiger partial charge < -0.3 is 9.22 Å². The van der Waals surface area contributed by atoms with Gasteiger partial charge in [-0.15, -0.1) is 0 Å². The predicted molar refractivity (Wildman–Crippen MR) is 123 cm³/mol. The van der Waals surface area contributed by atoms with E-state index in [9.17, 15) is 0 Å². The second kappa shape index (κ2) is 17.0. The molecule has 0 bridgehead atoms. The molecule has 0 amide bonds. The summed E-state index contributed by atoms with van der Waals surface area (Å²) in [4.78, 5) is 0. The molecule has 0 aliphatic carbocycles. The van der Waals surface area contributed by atoms with Crippen molar-refractivity contribution in [3.8, 4) is 0 Å². The monoisotopic (exact) mass is 390 g/mol. The number of ether oxygens (including phenoxy) is 1. The lowest BCUT2D eigenvalue weighted by Crippen LogP contribution is -2.40. The smallest absolute Gasteiger partial charge is 0.182 e. The van der Waals surface area contributed by atoms with Gasteiger partial charge in [0.05, 0.1) is 20.7 Å². The van der Waals surface area contributed by atoms with Crippen LogP contribution in [0.2, 0.25) is 0 Å². The van der Waals surface area contributed by atoms with Crippen LogP contribution in [0.5, 0.6) is 0 Å². The summed E-state index contributed by atoms with van der Waals surface area (Å²) in [6.07, 6.45) is 19.7. The first-order valence-corrected chi connectivity index (χ1v) is 12.1. The number of hydrogen-bond donors (Lipinski definition) is 0. The van der Waals surface area contributed by atoms with Crippen LogP contribution in [0.15, 0.2) is 30.3 Å². The van der Waals surface area contributed by atoms with Crippen LogP contribution < -0.4 is 0 Å². The number of hydrogen-bond acceptors (Lipinski definition) is 1. The van der Waals surface area contributed by atoms with Crippen LogP contribution in [0.1, 0.15) is 102 Å². The van der Waals surface area contributed by atoms with E-state index in [0.717, 1.165) is 24.4 Å². The zero-order valence-corrected chi connectivity index (χ0v) is 19.3. The Morgan fingerprint density at radius 3 is 1.61 bits per heavy atom. The Morgan fingerprint density at radius 1 is 0.643 bits per heavy atom. The van der Waals surface area contributed by atoms with Crippen LogP contribution in [0.3, 0.4) is 0 Å². The highest BCUT2D eigenvalue weighted by Gasteiger charge is 2.15. The van der Waals surface area contributed by atoms with Crippen LogP contribution in [-0.2, 0) is 11.3 Å². The average Bonchev–Trinajstić information content (AvgIpc) is 2.68. The lowest BCUT2D eigenvalue weighted by atomic mass is 10.0. The third kappa shape index (κ3) is 15.1. The van der Waals surface area contributed by atoms with Gasteiger partial charge in [0.2, 0.25) is 0 Å². The van der Waals surface area contributed by atoms with E-state index in [1.807, 2.05) is 0 Å². The van der Waals surface area contributed by atoms with E-state index >= 15 is 0 Å². The van der Waals surface area contributed by atoms with Crippen molar-refractivity contribution in [2.75, 3.05) is 27.4 Å². The Labute approximate surface area is 176 Å². The molecule has 0 aliphatic rings. The quantitative estimate of drug-likeness (QED) is 0.133. The van der Waals surface area contributed by atoms with Crippen molar-refractivity contribution in [1.82, 2.24) is 0 Å². The van der Waals surface area contributed by atoms with Crippen molar-refractivity contribution < 1.29 is 9.22 Å². The van der Waals surface area contributed by atoms with Crippen molar-refractivity contribution in [3.05, 3.63) is 35.9 Å². The fourth-order valence-electron chi connectivity index (χ4n) is 3.83. The Kier molecular flexibility index (Phi) is 15.3. The highest BCUT2D eigenvalue weighted by molar-refractivity contribution is 5.13. The van der Waals surface area contributed by atoms with E-state index in [1.165, 1.54) is 95.5 Å². The molecule has 0 saturated heterocycles. The minimum Gasteiger partial charge on any atom is -0.332 e. The molecule has 0 N–H and O–H groups in total. The highest BCUT2D eigenvalue weighted by atomic mass is 16.5. The van der Waals surface area contributed by atoms with Crippen LogP contribution in [0.25, 0.3) is 0 Å². The average molecular weight is 391 g/mol. The molecular formula is C26H48NO+. The van der Waals surface area contributed by atoms with Crippen LogP contribution in [0, 0.1) is 0 Å². The van der Waals surface area contributed by atoms with Crippen LogP contribution >= 0.6 is 0 Å². The molecule has 0 fully saturated rings. The summed E-state index contributed by atoms with van der Waals surface area (Å²) in [6, 6.07) is 10.7. The van der Waals surface area contributed by atoms with Gasteiger partial charge in [0.25, 0.3) is 0 Å². The number of unbranched alkanes of at least 4 members (excludes halogenated alkanes) is 13. The molecule has 2 nitrogen and oxygen atoms in total. The fourth-order valence-corrected chi connectivity index (χ4v) is 3.83. The molecule has 1 aromatic carbocycles. The largest absolute Gasteiger partial charge is 0.332 e. The van der Waals surface area contributed by atoms with Crippen molar-refractivity contribution in [2.24, 2.45) is 0 Å². The van der Waals surface area contributed by atoms with E-state index in [4.69, 9.17) is 4.74 Å². The maximum Gasteiger partial charge on any atom is 0.182 e. The summed E-state index contributed by atoms with van der Waals surface area (Å²) in [5.41, 5.74) is 1.38. The minimum atomic E-state index is 0.799. The van der Waals surface area contributed by atoms with Gasteiger partial charge in [-0.25, -0.2) is 0 Å². The summed E-state index contributed by atoms with van der Waals surface area (Å²) >= 11 is 0. The lowest BCUT2D eigenvalue weighted by Gasteiger charge is -2.29. The molecule has 0 saturated carbocycles. The maximum atomic E-state index is 5.95. The zero-order valence-electron chi connectivity index (χ0n) is 19.3. The summed E-state index contributed by atoms with van der Waals surface area (Å²) in [6.45, 7) is 5.03. The van der Waals surface area contributed by atoms with Crippen LogP contribution in [0.4, 0.5) is 0 Å². The van der Waals surface area contributed by atoms with E-state index < -0.39 is 0 Å². The normalized spacial score (nSPS) is 11.8. The van der Waals surface area contributed by atoms with E-state index in [-0.39, 0.29) is 0 Å². The first-order chi connectivity index (χ1) is 13.6. The Morgan fingerprint density at radius 2 is 1.11 bits per heavy atom. The molecular weight excluding hydrogens is 342 g/mol. The molecule has 0 aliphatic heterocycles. The van der Waals surface area contributed by atoms with Crippen molar-refractivity contribution in [2.45, 2.75) is 103 Å². The highest BCUT2D eigenvalue weighted by Crippen LogP contribution is 2.13. The molecule has 0 radical (unpaired) electrons. The van der Waals surface area contributed by atoms with Gasteiger partial charge in [0.1, 0.15) is 6.54 Å². The summed E-state index contributed by atoms with van der Waals surface area (Å²) in [7, 11) is 4.50.